The fourth-order valence-corrected chi connectivity index (χ4v) is 4.27. The molecule has 120 valence electrons. The lowest BCUT2D eigenvalue weighted by atomic mass is 9.91. The van der Waals surface area contributed by atoms with E-state index in [1.807, 2.05) is 0 Å². The summed E-state index contributed by atoms with van der Waals surface area (Å²) >= 11 is 0. The van der Waals surface area contributed by atoms with Gasteiger partial charge in [-0.15, -0.1) is 0 Å². The van der Waals surface area contributed by atoms with E-state index in [1.165, 1.54) is 22.6 Å². The number of aromatic nitrogens is 1. The third kappa shape index (κ3) is 2.09. The summed E-state index contributed by atoms with van der Waals surface area (Å²) in [4.78, 5) is 2.56. The highest BCUT2D eigenvalue weighted by molar-refractivity contribution is 5.67. The van der Waals surface area contributed by atoms with E-state index in [2.05, 4.69) is 87.7 Å². The number of hydrogen-bond acceptors (Lipinski definition) is 2. The van der Waals surface area contributed by atoms with E-state index in [0.717, 1.165) is 26.1 Å². The standard InChI is InChI=1S/C21H21N3/c1-2-7-17(8-3-1)15-23-14-12-21(16-23)20-11-6-13-24(20)19-10-5-4-9-18(19)22-21/h1-11,13,22H,12,14-16H2. The Kier molecular flexibility index (Phi) is 3.03. The number of para-hydroxylation sites is 2. The third-order valence-electron chi connectivity index (χ3n) is 5.37. The van der Waals surface area contributed by atoms with E-state index in [0.29, 0.717) is 0 Å². The van der Waals surface area contributed by atoms with E-state index in [9.17, 15) is 0 Å². The molecule has 1 spiro atoms. The summed E-state index contributed by atoms with van der Waals surface area (Å²) in [5, 5.41) is 3.87. The average Bonchev–Trinajstić information content (AvgIpc) is 3.25. The second-order valence-electron chi connectivity index (χ2n) is 6.93. The predicted octanol–water partition coefficient (Wildman–Crippen LogP) is 4.00. The molecule has 1 saturated heterocycles. The Balaban J connectivity index is 1.48. The van der Waals surface area contributed by atoms with E-state index in [-0.39, 0.29) is 5.54 Å². The molecule has 0 saturated carbocycles. The molecule has 2 aromatic carbocycles. The number of nitrogens with zero attached hydrogens (tertiary/aromatic N) is 2. The Bertz CT molecular complexity index is 868. The molecule has 0 radical (unpaired) electrons. The summed E-state index contributed by atoms with van der Waals surface area (Å²) in [6.07, 6.45) is 3.33. The summed E-state index contributed by atoms with van der Waals surface area (Å²) in [5.41, 5.74) is 5.29. The number of nitrogens with one attached hydrogen (secondary N) is 1. The minimum absolute atomic E-state index is 0.0205. The first-order valence-corrected chi connectivity index (χ1v) is 8.66. The number of rotatable bonds is 2. The van der Waals surface area contributed by atoms with Gasteiger partial charge in [-0.2, -0.15) is 0 Å². The number of fused-ring (bicyclic) bond motifs is 4. The number of likely N-dealkylation sites (tertiary alicyclic amines) is 1. The molecule has 24 heavy (non-hydrogen) atoms. The molecule has 3 nitrogen and oxygen atoms in total. The summed E-state index contributed by atoms with van der Waals surface area (Å²) in [6, 6.07) is 23.8. The molecule has 2 aliphatic heterocycles. The topological polar surface area (TPSA) is 20.2 Å². The Morgan fingerprint density at radius 2 is 1.75 bits per heavy atom. The van der Waals surface area contributed by atoms with Gasteiger partial charge >= 0.3 is 0 Å². The summed E-state index contributed by atoms with van der Waals surface area (Å²) < 4.78 is 2.36. The molecular formula is C21H21N3. The van der Waals surface area contributed by atoms with Crippen molar-refractivity contribution in [2.24, 2.45) is 0 Å². The van der Waals surface area contributed by atoms with Gasteiger partial charge in [0.2, 0.25) is 0 Å². The van der Waals surface area contributed by atoms with Crippen LogP contribution in [0.1, 0.15) is 17.7 Å². The molecule has 0 aliphatic carbocycles. The molecule has 3 heterocycles. The molecule has 3 aromatic rings. The van der Waals surface area contributed by atoms with Crippen molar-refractivity contribution in [2.75, 3.05) is 18.4 Å². The van der Waals surface area contributed by atoms with Crippen molar-refractivity contribution in [3.8, 4) is 5.69 Å². The van der Waals surface area contributed by atoms with Gasteiger partial charge in [-0.05, 0) is 36.2 Å². The van der Waals surface area contributed by atoms with Gasteiger partial charge < -0.3 is 9.88 Å². The predicted molar refractivity (Wildman–Crippen MR) is 97.4 cm³/mol. The normalized spacial score (nSPS) is 22.2. The minimum Gasteiger partial charge on any atom is -0.371 e. The van der Waals surface area contributed by atoms with Crippen molar-refractivity contribution in [1.82, 2.24) is 9.47 Å². The van der Waals surface area contributed by atoms with Gasteiger partial charge in [-0.25, -0.2) is 0 Å². The van der Waals surface area contributed by atoms with Crippen LogP contribution in [-0.4, -0.2) is 22.6 Å². The zero-order chi connectivity index (χ0) is 16.0. The van der Waals surface area contributed by atoms with Gasteiger partial charge in [0, 0.05) is 31.5 Å². The maximum absolute atomic E-state index is 3.87. The molecule has 1 N–H and O–H groups in total. The molecule has 1 fully saturated rings. The number of benzene rings is 2. The monoisotopic (exact) mass is 315 g/mol. The Labute approximate surface area is 142 Å². The van der Waals surface area contributed by atoms with Crippen molar-refractivity contribution in [2.45, 2.75) is 18.5 Å². The van der Waals surface area contributed by atoms with Crippen LogP contribution in [0.15, 0.2) is 72.9 Å². The Morgan fingerprint density at radius 3 is 2.67 bits per heavy atom. The second-order valence-corrected chi connectivity index (χ2v) is 6.93. The highest BCUT2D eigenvalue weighted by Crippen LogP contribution is 2.42. The quantitative estimate of drug-likeness (QED) is 0.771. The zero-order valence-corrected chi connectivity index (χ0v) is 13.7. The van der Waals surface area contributed by atoms with Gasteiger partial charge in [-0.1, -0.05) is 42.5 Å². The molecule has 0 amide bonds. The van der Waals surface area contributed by atoms with E-state index in [1.54, 1.807) is 0 Å². The van der Waals surface area contributed by atoms with E-state index in [4.69, 9.17) is 0 Å². The molecule has 2 aliphatic rings. The van der Waals surface area contributed by atoms with Crippen LogP contribution in [-0.2, 0) is 12.1 Å². The molecular weight excluding hydrogens is 294 g/mol. The zero-order valence-electron chi connectivity index (χ0n) is 13.7. The summed E-state index contributed by atoms with van der Waals surface area (Å²) in [5.74, 6) is 0. The second kappa shape index (κ2) is 5.25. The Morgan fingerprint density at radius 1 is 0.917 bits per heavy atom. The summed E-state index contributed by atoms with van der Waals surface area (Å²) in [7, 11) is 0. The highest BCUT2D eigenvalue weighted by Gasteiger charge is 2.44. The molecule has 1 unspecified atom stereocenters. The van der Waals surface area contributed by atoms with Crippen molar-refractivity contribution in [1.29, 1.82) is 0 Å². The van der Waals surface area contributed by atoms with Gasteiger partial charge in [-0.3, -0.25) is 4.90 Å². The van der Waals surface area contributed by atoms with Crippen LogP contribution in [0.2, 0.25) is 0 Å². The number of anilines is 1. The van der Waals surface area contributed by atoms with Gasteiger partial charge in [0.25, 0.3) is 0 Å². The van der Waals surface area contributed by atoms with E-state index >= 15 is 0 Å². The lowest BCUT2D eigenvalue weighted by Gasteiger charge is -2.38. The van der Waals surface area contributed by atoms with Crippen LogP contribution in [0.4, 0.5) is 5.69 Å². The van der Waals surface area contributed by atoms with Crippen molar-refractivity contribution in [3.05, 3.63) is 84.2 Å². The van der Waals surface area contributed by atoms with Gasteiger partial charge in [0.15, 0.2) is 0 Å². The van der Waals surface area contributed by atoms with Crippen molar-refractivity contribution < 1.29 is 0 Å². The van der Waals surface area contributed by atoms with Crippen molar-refractivity contribution >= 4 is 5.69 Å². The molecule has 1 atom stereocenters. The molecule has 0 bridgehead atoms. The fourth-order valence-electron chi connectivity index (χ4n) is 4.27. The van der Waals surface area contributed by atoms with Crippen LogP contribution in [0, 0.1) is 0 Å². The van der Waals surface area contributed by atoms with Crippen LogP contribution in [0.3, 0.4) is 0 Å². The van der Waals surface area contributed by atoms with Crippen LogP contribution < -0.4 is 5.32 Å². The van der Waals surface area contributed by atoms with Crippen molar-refractivity contribution in [3.63, 3.8) is 0 Å². The number of hydrogen-bond donors (Lipinski definition) is 1. The third-order valence-corrected chi connectivity index (χ3v) is 5.37. The van der Waals surface area contributed by atoms with Crippen LogP contribution in [0.5, 0.6) is 0 Å². The largest absolute Gasteiger partial charge is 0.371 e. The first-order chi connectivity index (χ1) is 11.8. The minimum atomic E-state index is 0.0205. The first-order valence-electron chi connectivity index (χ1n) is 8.66. The lowest BCUT2D eigenvalue weighted by Crippen LogP contribution is -2.42. The molecule has 5 rings (SSSR count). The smallest absolute Gasteiger partial charge is 0.0919 e. The van der Waals surface area contributed by atoms with Crippen LogP contribution >= 0.6 is 0 Å². The van der Waals surface area contributed by atoms with E-state index < -0.39 is 0 Å². The fraction of sp³-hybridized carbons (Fsp3) is 0.238. The molecule has 1 aromatic heterocycles. The van der Waals surface area contributed by atoms with Gasteiger partial charge in [0.05, 0.1) is 16.9 Å². The Hall–Kier alpha value is -2.52. The first kappa shape index (κ1) is 13.9. The average molecular weight is 315 g/mol. The maximum atomic E-state index is 3.87. The highest BCUT2D eigenvalue weighted by atomic mass is 15.2. The molecule has 3 heteroatoms. The van der Waals surface area contributed by atoms with Crippen LogP contribution in [0.25, 0.3) is 5.69 Å². The maximum Gasteiger partial charge on any atom is 0.0919 e. The lowest BCUT2D eigenvalue weighted by molar-refractivity contribution is 0.308. The summed E-state index contributed by atoms with van der Waals surface area (Å²) in [6.45, 7) is 3.18. The van der Waals surface area contributed by atoms with Gasteiger partial charge in [0.1, 0.15) is 0 Å². The SMILES string of the molecule is c1ccc(CN2CCC3(C2)Nc2ccccc2-n2cccc23)cc1.